The second-order valence-electron chi connectivity index (χ2n) is 7.56. The lowest BCUT2D eigenvalue weighted by Crippen LogP contribution is -2.27. The van der Waals surface area contributed by atoms with Crippen LogP contribution in [0.1, 0.15) is 10.4 Å². The Morgan fingerprint density at radius 1 is 1.09 bits per heavy atom. The van der Waals surface area contributed by atoms with Crippen LogP contribution in [0, 0.1) is 0 Å². The zero-order valence-corrected chi connectivity index (χ0v) is 19.6. The van der Waals surface area contributed by atoms with Crippen LogP contribution in [-0.2, 0) is 17.9 Å². The van der Waals surface area contributed by atoms with Crippen LogP contribution in [0.5, 0.6) is 11.5 Å². The first kappa shape index (κ1) is 21.5. The third-order valence-electron chi connectivity index (χ3n) is 5.25. The number of thioether (sulfide) groups is 1. The van der Waals surface area contributed by atoms with Gasteiger partial charge in [0.15, 0.2) is 22.5 Å². The van der Waals surface area contributed by atoms with E-state index in [1.54, 1.807) is 16.2 Å². The first-order valence-corrected chi connectivity index (χ1v) is 12.3. The number of hydrogen-bond donors (Lipinski definition) is 0. The van der Waals surface area contributed by atoms with Gasteiger partial charge in [-0.1, -0.05) is 54.2 Å². The highest BCUT2D eigenvalue weighted by Gasteiger charge is 2.19. The van der Waals surface area contributed by atoms with E-state index in [-0.39, 0.29) is 18.5 Å². The van der Waals surface area contributed by atoms with E-state index < -0.39 is 0 Å². The van der Waals surface area contributed by atoms with Gasteiger partial charge in [0.1, 0.15) is 0 Å². The molecule has 0 bridgehead atoms. The zero-order valence-electron chi connectivity index (χ0n) is 18.0. The van der Waals surface area contributed by atoms with E-state index in [1.165, 1.54) is 11.8 Å². The highest BCUT2D eigenvalue weighted by molar-refractivity contribution is 7.99. The molecule has 4 aromatic rings. The maximum atomic E-state index is 12.7. The lowest BCUT2D eigenvalue weighted by atomic mass is 10.2. The highest BCUT2D eigenvalue weighted by Crippen LogP contribution is 2.33. The molecule has 0 aliphatic carbocycles. The number of fused-ring (bicyclic) bond motifs is 1. The van der Waals surface area contributed by atoms with E-state index in [0.29, 0.717) is 18.2 Å². The van der Waals surface area contributed by atoms with Gasteiger partial charge in [-0.15, -0.1) is 21.5 Å². The molecule has 1 amide bonds. The van der Waals surface area contributed by atoms with Gasteiger partial charge < -0.3 is 14.4 Å². The topological polar surface area (TPSA) is 69.5 Å². The molecule has 0 N–H and O–H groups in total. The Morgan fingerprint density at radius 2 is 1.94 bits per heavy atom. The number of rotatable bonds is 8. The first-order valence-electron chi connectivity index (χ1n) is 10.4. The quantitative estimate of drug-likeness (QED) is 0.347. The summed E-state index contributed by atoms with van der Waals surface area (Å²) in [5.41, 5.74) is 2.01. The number of amides is 1. The van der Waals surface area contributed by atoms with Gasteiger partial charge >= 0.3 is 0 Å². The predicted octanol–water partition coefficient (Wildman–Crippen LogP) is 4.53. The van der Waals surface area contributed by atoms with Gasteiger partial charge in [-0.3, -0.25) is 9.36 Å². The van der Waals surface area contributed by atoms with Crippen molar-refractivity contribution in [2.24, 2.45) is 0 Å². The van der Waals surface area contributed by atoms with E-state index in [0.717, 1.165) is 33.3 Å². The summed E-state index contributed by atoms with van der Waals surface area (Å²) in [6, 6.07) is 19.9. The van der Waals surface area contributed by atoms with Crippen molar-refractivity contribution in [1.29, 1.82) is 0 Å². The minimum absolute atomic E-state index is 0.0484. The Balaban J connectivity index is 1.36. The number of carbonyl (C=O) groups excluding carboxylic acids is 1. The van der Waals surface area contributed by atoms with Crippen molar-refractivity contribution in [2.75, 3.05) is 19.6 Å². The number of hydrogen-bond acceptors (Lipinski definition) is 7. The number of aromatic nitrogens is 3. The average molecular weight is 479 g/mol. The van der Waals surface area contributed by atoms with Gasteiger partial charge in [-0.2, -0.15) is 0 Å². The minimum Gasteiger partial charge on any atom is -0.454 e. The molecule has 5 rings (SSSR count). The van der Waals surface area contributed by atoms with E-state index in [1.807, 2.05) is 77.7 Å². The largest absolute Gasteiger partial charge is 0.454 e. The van der Waals surface area contributed by atoms with Crippen molar-refractivity contribution in [1.82, 2.24) is 19.7 Å². The summed E-state index contributed by atoms with van der Waals surface area (Å²) < 4.78 is 13.0. The molecule has 2 aromatic heterocycles. The third kappa shape index (κ3) is 4.89. The average Bonchev–Trinajstić information content (AvgIpc) is 3.59. The van der Waals surface area contributed by atoms with Crippen molar-refractivity contribution in [3.8, 4) is 22.9 Å². The molecule has 33 heavy (non-hydrogen) atoms. The minimum atomic E-state index is 0.0484. The number of nitrogens with zero attached hydrogens (tertiary/aromatic N) is 4. The molecule has 9 heteroatoms. The summed E-state index contributed by atoms with van der Waals surface area (Å²) in [4.78, 5) is 15.6. The smallest absolute Gasteiger partial charge is 0.233 e. The Morgan fingerprint density at radius 3 is 2.76 bits per heavy atom. The number of ether oxygens (including phenoxy) is 2. The molecule has 0 saturated carbocycles. The Labute approximate surface area is 200 Å². The first-order chi connectivity index (χ1) is 16.2. The third-order valence-corrected chi connectivity index (χ3v) is 7.06. The van der Waals surface area contributed by atoms with Gasteiger partial charge in [-0.05, 0) is 29.1 Å². The van der Waals surface area contributed by atoms with Crippen LogP contribution < -0.4 is 9.47 Å². The van der Waals surface area contributed by atoms with Crippen molar-refractivity contribution < 1.29 is 14.3 Å². The second-order valence-corrected chi connectivity index (χ2v) is 9.54. The van der Waals surface area contributed by atoms with E-state index in [2.05, 4.69) is 10.2 Å². The Bertz CT molecular complexity index is 1240. The van der Waals surface area contributed by atoms with Crippen LogP contribution in [0.2, 0.25) is 0 Å². The summed E-state index contributed by atoms with van der Waals surface area (Å²) in [7, 11) is 1.83. The summed E-state index contributed by atoms with van der Waals surface area (Å²) in [6.07, 6.45) is 0. The summed E-state index contributed by atoms with van der Waals surface area (Å²) >= 11 is 3.05. The molecule has 168 valence electrons. The van der Waals surface area contributed by atoms with Gasteiger partial charge in [0, 0.05) is 17.5 Å². The van der Waals surface area contributed by atoms with Crippen molar-refractivity contribution in [3.63, 3.8) is 0 Å². The Kier molecular flexibility index (Phi) is 6.32. The molecule has 0 radical (unpaired) electrons. The van der Waals surface area contributed by atoms with E-state index >= 15 is 0 Å². The number of thiophene rings is 1. The molecular formula is C24H22N4O3S2. The van der Waals surface area contributed by atoms with Crippen LogP contribution in [0.3, 0.4) is 0 Å². The van der Waals surface area contributed by atoms with Gasteiger partial charge in [0.05, 0.1) is 18.8 Å². The fraction of sp³-hybridized carbons (Fsp3) is 0.208. The lowest BCUT2D eigenvalue weighted by molar-refractivity contribution is -0.127. The van der Waals surface area contributed by atoms with E-state index in [4.69, 9.17) is 9.47 Å². The molecule has 0 atom stereocenters. The Hall–Kier alpha value is -3.30. The summed E-state index contributed by atoms with van der Waals surface area (Å²) in [5.74, 6) is 2.58. The van der Waals surface area contributed by atoms with Crippen LogP contribution in [-0.4, -0.2) is 45.2 Å². The van der Waals surface area contributed by atoms with Crippen molar-refractivity contribution in [3.05, 3.63) is 76.5 Å². The van der Waals surface area contributed by atoms with Crippen molar-refractivity contribution >= 4 is 29.0 Å². The molecular weight excluding hydrogens is 456 g/mol. The fourth-order valence-electron chi connectivity index (χ4n) is 3.52. The van der Waals surface area contributed by atoms with Crippen LogP contribution >= 0.6 is 23.1 Å². The standard InChI is InChI=1S/C24H22N4O3S2/c1-27(14-19-8-5-11-32-19)22(29)15-33-24-26-25-23(18-6-3-2-4-7-18)28(24)13-17-9-10-20-21(12-17)31-16-30-20/h2-12H,13-16H2,1H3. The monoisotopic (exact) mass is 478 g/mol. The molecule has 0 fully saturated rings. The molecule has 0 saturated heterocycles. The lowest BCUT2D eigenvalue weighted by Gasteiger charge is -2.16. The van der Waals surface area contributed by atoms with Crippen LogP contribution in [0.25, 0.3) is 11.4 Å². The molecule has 2 aromatic carbocycles. The van der Waals surface area contributed by atoms with Gasteiger partial charge in [0.2, 0.25) is 12.7 Å². The zero-order chi connectivity index (χ0) is 22.6. The highest BCUT2D eigenvalue weighted by atomic mass is 32.2. The SMILES string of the molecule is CN(Cc1cccs1)C(=O)CSc1nnc(-c2ccccc2)n1Cc1ccc2c(c1)OCO2. The van der Waals surface area contributed by atoms with Crippen molar-refractivity contribution in [2.45, 2.75) is 18.2 Å². The fourth-order valence-corrected chi connectivity index (χ4v) is 5.16. The molecule has 1 aliphatic rings. The van der Waals surface area contributed by atoms with Gasteiger partial charge in [0.25, 0.3) is 0 Å². The maximum Gasteiger partial charge on any atom is 0.233 e. The number of carbonyl (C=O) groups is 1. The molecule has 0 unspecified atom stereocenters. The number of benzene rings is 2. The predicted molar refractivity (Wildman–Crippen MR) is 129 cm³/mol. The molecule has 3 heterocycles. The molecule has 7 nitrogen and oxygen atoms in total. The summed E-state index contributed by atoms with van der Waals surface area (Å²) in [6.45, 7) is 1.40. The normalized spacial score (nSPS) is 12.2. The summed E-state index contributed by atoms with van der Waals surface area (Å²) in [5, 5.41) is 11.6. The second kappa shape index (κ2) is 9.68. The van der Waals surface area contributed by atoms with Crippen LogP contribution in [0.4, 0.5) is 0 Å². The molecule has 0 spiro atoms. The molecule has 1 aliphatic heterocycles. The van der Waals surface area contributed by atoms with E-state index in [9.17, 15) is 4.79 Å². The van der Waals surface area contributed by atoms with Crippen LogP contribution in [0.15, 0.2) is 71.2 Å². The van der Waals surface area contributed by atoms with Gasteiger partial charge in [-0.25, -0.2) is 0 Å². The maximum absolute atomic E-state index is 12.7.